The summed E-state index contributed by atoms with van der Waals surface area (Å²) >= 11 is 2.96. The summed E-state index contributed by atoms with van der Waals surface area (Å²) in [6, 6.07) is 1.19. The summed E-state index contributed by atoms with van der Waals surface area (Å²) in [6.45, 7) is 5.12. The van der Waals surface area contributed by atoms with Crippen LogP contribution >= 0.6 is 23.1 Å². The Kier molecular flexibility index (Phi) is 5.54. The van der Waals surface area contributed by atoms with Gasteiger partial charge in [-0.2, -0.15) is 0 Å². The predicted molar refractivity (Wildman–Crippen MR) is 90.6 cm³/mol. The van der Waals surface area contributed by atoms with E-state index in [9.17, 15) is 4.79 Å². The predicted octanol–water partition coefficient (Wildman–Crippen LogP) is 1.80. The van der Waals surface area contributed by atoms with Crippen LogP contribution in [-0.2, 0) is 4.79 Å². The number of piperidine rings is 1. The molecule has 122 valence electrons. The summed E-state index contributed by atoms with van der Waals surface area (Å²) in [5.74, 6) is 0.527. The molecular weight excluding hydrogens is 318 g/mol. The summed E-state index contributed by atoms with van der Waals surface area (Å²) in [5, 5.41) is 15.2. The molecular formula is C14H23N5OS2. The molecule has 1 aliphatic carbocycles. The van der Waals surface area contributed by atoms with Crippen LogP contribution in [0, 0.1) is 0 Å². The largest absolute Gasteiger partial charge is 0.360 e. The van der Waals surface area contributed by atoms with Gasteiger partial charge in [0.05, 0.1) is 5.75 Å². The Labute approximate surface area is 139 Å². The zero-order valence-electron chi connectivity index (χ0n) is 12.9. The SMILES string of the molecule is CCNc1nnc(SCC(=O)NC2CCN(C3CC3)CC2)s1. The Bertz CT molecular complexity index is 497. The number of carbonyl (C=O) groups is 1. The topological polar surface area (TPSA) is 70.1 Å². The molecule has 1 aliphatic heterocycles. The van der Waals surface area contributed by atoms with E-state index in [2.05, 4.69) is 25.7 Å². The molecule has 8 heteroatoms. The molecule has 0 unspecified atom stereocenters. The van der Waals surface area contributed by atoms with E-state index >= 15 is 0 Å². The number of nitrogens with zero attached hydrogens (tertiary/aromatic N) is 3. The normalized spacial score (nSPS) is 20.0. The first kappa shape index (κ1) is 16.0. The number of rotatable bonds is 7. The van der Waals surface area contributed by atoms with Gasteiger partial charge < -0.3 is 15.5 Å². The minimum Gasteiger partial charge on any atom is -0.360 e. The van der Waals surface area contributed by atoms with Crippen molar-refractivity contribution in [1.29, 1.82) is 0 Å². The van der Waals surface area contributed by atoms with Crippen molar-refractivity contribution < 1.29 is 4.79 Å². The number of nitrogens with one attached hydrogen (secondary N) is 2. The zero-order valence-corrected chi connectivity index (χ0v) is 14.5. The quantitative estimate of drug-likeness (QED) is 0.737. The van der Waals surface area contributed by atoms with Crippen molar-refractivity contribution in [2.75, 3.05) is 30.7 Å². The van der Waals surface area contributed by atoms with E-state index in [0.717, 1.165) is 48.0 Å². The maximum Gasteiger partial charge on any atom is 0.230 e. The van der Waals surface area contributed by atoms with E-state index in [1.54, 1.807) is 0 Å². The Morgan fingerprint density at radius 1 is 1.32 bits per heavy atom. The van der Waals surface area contributed by atoms with E-state index in [4.69, 9.17) is 0 Å². The van der Waals surface area contributed by atoms with Crippen LogP contribution < -0.4 is 10.6 Å². The van der Waals surface area contributed by atoms with Crippen LogP contribution in [0.1, 0.15) is 32.6 Å². The van der Waals surface area contributed by atoms with Crippen LogP contribution in [-0.4, -0.2) is 58.5 Å². The maximum atomic E-state index is 12.0. The highest BCUT2D eigenvalue weighted by Crippen LogP contribution is 2.29. The Balaban J connectivity index is 1.35. The first-order valence-corrected chi connectivity index (χ1v) is 9.78. The second-order valence-corrected chi connectivity index (χ2v) is 8.00. The fourth-order valence-corrected chi connectivity index (χ4v) is 4.37. The molecule has 1 aromatic rings. The summed E-state index contributed by atoms with van der Waals surface area (Å²) in [7, 11) is 0. The molecule has 0 spiro atoms. The fraction of sp³-hybridized carbons (Fsp3) is 0.786. The third-order valence-electron chi connectivity index (χ3n) is 4.02. The molecule has 1 saturated carbocycles. The van der Waals surface area contributed by atoms with Gasteiger partial charge in [-0.3, -0.25) is 4.79 Å². The molecule has 0 atom stereocenters. The van der Waals surface area contributed by atoms with Crippen LogP contribution in [0.4, 0.5) is 5.13 Å². The van der Waals surface area contributed by atoms with Gasteiger partial charge in [0.25, 0.3) is 0 Å². The lowest BCUT2D eigenvalue weighted by atomic mass is 10.1. The van der Waals surface area contributed by atoms with E-state index in [1.807, 2.05) is 6.92 Å². The number of thioether (sulfide) groups is 1. The third kappa shape index (κ3) is 4.57. The van der Waals surface area contributed by atoms with E-state index in [1.165, 1.54) is 35.9 Å². The molecule has 2 heterocycles. The number of likely N-dealkylation sites (tertiary alicyclic amines) is 1. The van der Waals surface area contributed by atoms with Crippen molar-refractivity contribution in [3.05, 3.63) is 0 Å². The van der Waals surface area contributed by atoms with E-state index in [-0.39, 0.29) is 5.91 Å². The average molecular weight is 342 g/mol. The van der Waals surface area contributed by atoms with Crippen LogP contribution in [0.15, 0.2) is 4.34 Å². The van der Waals surface area contributed by atoms with Gasteiger partial charge >= 0.3 is 0 Å². The first-order chi connectivity index (χ1) is 10.7. The third-order valence-corrected chi connectivity index (χ3v) is 6.03. The van der Waals surface area contributed by atoms with Crippen molar-refractivity contribution >= 4 is 34.1 Å². The highest BCUT2D eigenvalue weighted by Gasteiger charge is 2.32. The number of carbonyl (C=O) groups excluding carboxylic acids is 1. The van der Waals surface area contributed by atoms with Gasteiger partial charge in [0.2, 0.25) is 11.0 Å². The van der Waals surface area contributed by atoms with Crippen LogP contribution in [0.2, 0.25) is 0 Å². The van der Waals surface area contributed by atoms with Gasteiger partial charge in [0.1, 0.15) is 0 Å². The molecule has 22 heavy (non-hydrogen) atoms. The fourth-order valence-electron chi connectivity index (χ4n) is 2.74. The molecule has 0 radical (unpaired) electrons. The monoisotopic (exact) mass is 341 g/mol. The summed E-state index contributed by atoms with van der Waals surface area (Å²) in [4.78, 5) is 14.6. The van der Waals surface area contributed by atoms with Crippen molar-refractivity contribution in [1.82, 2.24) is 20.4 Å². The molecule has 0 aromatic carbocycles. The lowest BCUT2D eigenvalue weighted by Crippen LogP contribution is -2.45. The molecule has 2 aliphatic rings. The number of amides is 1. The lowest BCUT2D eigenvalue weighted by molar-refractivity contribution is -0.119. The summed E-state index contributed by atoms with van der Waals surface area (Å²) in [6.07, 6.45) is 4.89. The maximum absolute atomic E-state index is 12.0. The second kappa shape index (κ2) is 7.61. The molecule has 1 saturated heterocycles. The molecule has 1 aromatic heterocycles. The van der Waals surface area contributed by atoms with Crippen LogP contribution in [0.3, 0.4) is 0 Å². The van der Waals surface area contributed by atoms with Gasteiger partial charge in [0, 0.05) is 31.7 Å². The Morgan fingerprint density at radius 3 is 2.77 bits per heavy atom. The molecule has 2 fully saturated rings. The number of aromatic nitrogens is 2. The van der Waals surface area contributed by atoms with Gasteiger partial charge in [-0.05, 0) is 32.6 Å². The molecule has 3 rings (SSSR count). The highest BCUT2D eigenvalue weighted by molar-refractivity contribution is 8.01. The second-order valence-electron chi connectivity index (χ2n) is 5.80. The minimum atomic E-state index is 0.107. The smallest absolute Gasteiger partial charge is 0.230 e. The summed E-state index contributed by atoms with van der Waals surface area (Å²) < 4.78 is 0.842. The molecule has 2 N–H and O–H groups in total. The van der Waals surface area contributed by atoms with E-state index < -0.39 is 0 Å². The number of hydrogen-bond donors (Lipinski definition) is 2. The van der Waals surface area contributed by atoms with Gasteiger partial charge in [-0.1, -0.05) is 23.1 Å². The summed E-state index contributed by atoms with van der Waals surface area (Å²) in [5.41, 5.74) is 0. The van der Waals surface area contributed by atoms with Crippen LogP contribution in [0.25, 0.3) is 0 Å². The van der Waals surface area contributed by atoms with Crippen molar-refractivity contribution in [3.8, 4) is 0 Å². The van der Waals surface area contributed by atoms with Gasteiger partial charge in [-0.15, -0.1) is 10.2 Å². The molecule has 1 amide bonds. The first-order valence-electron chi connectivity index (χ1n) is 7.98. The van der Waals surface area contributed by atoms with Gasteiger partial charge in [0.15, 0.2) is 4.34 Å². The highest BCUT2D eigenvalue weighted by atomic mass is 32.2. The standard InChI is InChI=1S/C14H23N5OS2/c1-2-15-13-17-18-14(22-13)21-9-12(20)16-10-5-7-19(8-6-10)11-3-4-11/h10-11H,2-9H2,1H3,(H,15,17)(H,16,20). The Hall–Kier alpha value is -0.860. The zero-order chi connectivity index (χ0) is 15.4. The van der Waals surface area contributed by atoms with Crippen molar-refractivity contribution in [2.24, 2.45) is 0 Å². The molecule has 6 nitrogen and oxygen atoms in total. The Morgan fingerprint density at radius 2 is 2.09 bits per heavy atom. The molecule has 0 bridgehead atoms. The van der Waals surface area contributed by atoms with Gasteiger partial charge in [-0.25, -0.2) is 0 Å². The number of anilines is 1. The lowest BCUT2D eigenvalue weighted by Gasteiger charge is -2.32. The van der Waals surface area contributed by atoms with Crippen molar-refractivity contribution in [3.63, 3.8) is 0 Å². The van der Waals surface area contributed by atoms with E-state index in [0.29, 0.717) is 11.8 Å². The minimum absolute atomic E-state index is 0.107. The van der Waals surface area contributed by atoms with Crippen molar-refractivity contribution in [2.45, 2.75) is 49.0 Å². The average Bonchev–Trinajstić information content (AvgIpc) is 3.27. The van der Waals surface area contributed by atoms with Crippen LogP contribution in [0.5, 0.6) is 0 Å². The number of hydrogen-bond acceptors (Lipinski definition) is 7.